The van der Waals surface area contributed by atoms with Gasteiger partial charge in [0.15, 0.2) is 0 Å². The van der Waals surface area contributed by atoms with E-state index in [1.165, 1.54) is 0 Å². The number of nitrogens with one attached hydrogen (secondary N) is 2. The fourth-order valence-corrected chi connectivity index (χ4v) is 4.36. The van der Waals surface area contributed by atoms with E-state index in [4.69, 9.17) is 0 Å². The first-order valence-corrected chi connectivity index (χ1v) is 10.8. The minimum Gasteiger partial charge on any atom is -0.380 e. The number of rotatable bonds is 4. The Morgan fingerprint density at radius 2 is 1.67 bits per heavy atom. The molecule has 0 bridgehead atoms. The average molecular weight is 415 g/mol. The third kappa shape index (κ3) is 4.20. The third-order valence-electron chi connectivity index (χ3n) is 6.49. The fourth-order valence-electron chi connectivity index (χ4n) is 4.36. The van der Waals surface area contributed by atoms with E-state index in [-0.39, 0.29) is 29.8 Å². The number of hydrogen-bond donors (Lipinski definition) is 3. The second-order valence-electron chi connectivity index (χ2n) is 8.55. The third-order valence-corrected chi connectivity index (χ3v) is 6.49. The highest BCUT2D eigenvalue weighted by molar-refractivity contribution is 5.94. The van der Waals surface area contributed by atoms with Gasteiger partial charge in [-0.2, -0.15) is 0 Å². The zero-order chi connectivity index (χ0) is 21.3. The number of nitrogens with zero attached hydrogens (tertiary/aromatic N) is 2. The van der Waals surface area contributed by atoms with Gasteiger partial charge in [0.05, 0.1) is 6.04 Å². The molecule has 4 rings (SSSR count). The van der Waals surface area contributed by atoms with Crippen molar-refractivity contribution in [3.8, 4) is 0 Å². The van der Waals surface area contributed by atoms with Gasteiger partial charge in [0.1, 0.15) is 5.60 Å². The molecule has 30 heavy (non-hydrogen) atoms. The van der Waals surface area contributed by atoms with Crippen molar-refractivity contribution in [1.82, 2.24) is 20.4 Å². The number of piperidine rings is 1. The highest BCUT2D eigenvalue weighted by atomic mass is 16.3. The Hall–Kier alpha value is -2.45. The maximum atomic E-state index is 12.9. The van der Waals surface area contributed by atoms with Crippen LogP contribution in [0.3, 0.4) is 0 Å². The van der Waals surface area contributed by atoms with Crippen LogP contribution >= 0.6 is 0 Å². The molecule has 2 aliphatic heterocycles. The molecule has 0 radical (unpaired) electrons. The summed E-state index contributed by atoms with van der Waals surface area (Å²) in [5.74, 6) is -0.231. The van der Waals surface area contributed by atoms with Crippen molar-refractivity contribution in [1.29, 1.82) is 0 Å². The van der Waals surface area contributed by atoms with E-state index in [0.717, 1.165) is 24.8 Å². The molecular formula is C22H30N4O4. The van der Waals surface area contributed by atoms with Crippen molar-refractivity contribution in [3.05, 3.63) is 35.4 Å². The van der Waals surface area contributed by atoms with Gasteiger partial charge in [-0.1, -0.05) is 12.1 Å². The average Bonchev–Trinajstić information content (AvgIpc) is 3.56. The van der Waals surface area contributed by atoms with Crippen LogP contribution in [0.2, 0.25) is 0 Å². The smallest absolute Gasteiger partial charge is 0.254 e. The van der Waals surface area contributed by atoms with Crippen molar-refractivity contribution in [3.63, 3.8) is 0 Å². The molecule has 8 nitrogen and oxygen atoms in total. The molecule has 2 unspecified atom stereocenters. The molecule has 8 heteroatoms. The molecule has 2 saturated heterocycles. The number of carbonyl (C=O) groups is 3. The first-order chi connectivity index (χ1) is 14.4. The van der Waals surface area contributed by atoms with Gasteiger partial charge in [-0.3, -0.25) is 19.7 Å². The highest BCUT2D eigenvalue weighted by Gasteiger charge is 2.50. The maximum absolute atomic E-state index is 12.9. The van der Waals surface area contributed by atoms with Crippen LogP contribution in [0, 0.1) is 0 Å². The van der Waals surface area contributed by atoms with E-state index >= 15 is 0 Å². The summed E-state index contributed by atoms with van der Waals surface area (Å²) in [5, 5.41) is 16.1. The quantitative estimate of drug-likeness (QED) is 0.663. The molecule has 0 spiro atoms. The van der Waals surface area contributed by atoms with Gasteiger partial charge in [0.25, 0.3) is 11.8 Å². The lowest BCUT2D eigenvalue weighted by atomic mass is 9.92. The molecule has 3 N–H and O–H groups in total. The van der Waals surface area contributed by atoms with E-state index in [1.54, 1.807) is 16.8 Å². The van der Waals surface area contributed by atoms with Crippen molar-refractivity contribution >= 4 is 17.7 Å². The van der Waals surface area contributed by atoms with E-state index in [2.05, 4.69) is 10.6 Å². The predicted octanol–water partition coefficient (Wildman–Crippen LogP) is 0.425. The van der Waals surface area contributed by atoms with Gasteiger partial charge in [-0.05, 0) is 49.8 Å². The Balaban J connectivity index is 1.33. The molecule has 162 valence electrons. The molecule has 3 fully saturated rings. The largest absolute Gasteiger partial charge is 0.380 e. The highest BCUT2D eigenvalue weighted by Crippen LogP contribution is 2.37. The number of likely N-dealkylation sites (N-methyl/N-ethyl adjacent to an activating group) is 1. The summed E-state index contributed by atoms with van der Waals surface area (Å²) >= 11 is 0. The molecule has 2 atom stereocenters. The minimum absolute atomic E-state index is 0.0120. The molecule has 1 aromatic rings. The van der Waals surface area contributed by atoms with Crippen LogP contribution in [0.5, 0.6) is 0 Å². The van der Waals surface area contributed by atoms with E-state index in [0.29, 0.717) is 44.6 Å². The Morgan fingerprint density at radius 1 is 1.03 bits per heavy atom. The van der Waals surface area contributed by atoms with Crippen molar-refractivity contribution in [2.24, 2.45) is 0 Å². The Morgan fingerprint density at radius 3 is 2.27 bits per heavy atom. The first kappa shape index (κ1) is 20.8. The van der Waals surface area contributed by atoms with Crippen molar-refractivity contribution < 1.29 is 19.5 Å². The SMILES string of the molecule is CNC(=O)C1CCCC(c2ccc(C(=O)N3CCN(C(=O)C4(O)CC4)CC3)cc2)N1. The fraction of sp³-hybridized carbons (Fsp3) is 0.591. The Bertz CT molecular complexity index is 813. The zero-order valence-electron chi connectivity index (χ0n) is 17.4. The number of hydrogen-bond acceptors (Lipinski definition) is 5. The number of piperazine rings is 1. The monoisotopic (exact) mass is 414 g/mol. The lowest BCUT2D eigenvalue weighted by Gasteiger charge is -2.36. The summed E-state index contributed by atoms with van der Waals surface area (Å²) in [4.78, 5) is 40.4. The van der Waals surface area contributed by atoms with Gasteiger partial charge in [0.2, 0.25) is 5.91 Å². The van der Waals surface area contributed by atoms with Crippen LogP contribution in [0.25, 0.3) is 0 Å². The van der Waals surface area contributed by atoms with Crippen LogP contribution in [0.15, 0.2) is 24.3 Å². The standard InChI is InChI=1S/C22H30N4O4/c1-23-19(27)18-4-2-3-17(24-18)15-5-7-16(8-6-15)20(28)25-11-13-26(14-12-25)21(29)22(30)9-10-22/h5-8,17-18,24,30H,2-4,9-14H2,1H3,(H,23,27). The number of amides is 3. The summed E-state index contributed by atoms with van der Waals surface area (Å²) in [6.07, 6.45) is 3.85. The minimum atomic E-state index is -1.15. The van der Waals surface area contributed by atoms with Gasteiger partial charge in [0, 0.05) is 44.8 Å². The zero-order valence-corrected chi connectivity index (χ0v) is 17.4. The van der Waals surface area contributed by atoms with Gasteiger partial charge < -0.3 is 20.2 Å². The summed E-state index contributed by atoms with van der Waals surface area (Å²) in [5.41, 5.74) is 0.553. The van der Waals surface area contributed by atoms with Crippen LogP contribution in [0.1, 0.15) is 54.1 Å². The summed E-state index contributed by atoms with van der Waals surface area (Å²) < 4.78 is 0. The second kappa shape index (κ2) is 8.35. The molecule has 2 heterocycles. The van der Waals surface area contributed by atoms with E-state index in [9.17, 15) is 19.5 Å². The van der Waals surface area contributed by atoms with Crippen LogP contribution in [-0.4, -0.2) is 77.5 Å². The predicted molar refractivity (Wildman–Crippen MR) is 111 cm³/mol. The molecule has 3 aliphatic rings. The summed E-state index contributed by atoms with van der Waals surface area (Å²) in [6.45, 7) is 1.86. The number of benzene rings is 1. The maximum Gasteiger partial charge on any atom is 0.254 e. The van der Waals surface area contributed by atoms with Gasteiger partial charge in [-0.25, -0.2) is 0 Å². The normalized spacial score (nSPS) is 25.5. The lowest BCUT2D eigenvalue weighted by Crippen LogP contribution is -2.53. The van der Waals surface area contributed by atoms with E-state index in [1.807, 2.05) is 24.3 Å². The number of aliphatic hydroxyl groups is 1. The van der Waals surface area contributed by atoms with E-state index < -0.39 is 5.60 Å². The lowest BCUT2D eigenvalue weighted by molar-refractivity contribution is -0.143. The number of carbonyl (C=O) groups excluding carboxylic acids is 3. The molecule has 3 amide bonds. The van der Waals surface area contributed by atoms with Crippen LogP contribution in [-0.2, 0) is 9.59 Å². The molecule has 0 aromatic heterocycles. The van der Waals surface area contributed by atoms with Gasteiger partial charge in [-0.15, -0.1) is 0 Å². The second-order valence-corrected chi connectivity index (χ2v) is 8.55. The van der Waals surface area contributed by atoms with Gasteiger partial charge >= 0.3 is 0 Å². The molecule has 1 aromatic carbocycles. The molecular weight excluding hydrogens is 384 g/mol. The molecule has 1 aliphatic carbocycles. The summed E-state index contributed by atoms with van der Waals surface area (Å²) in [7, 11) is 1.65. The van der Waals surface area contributed by atoms with Crippen LogP contribution < -0.4 is 10.6 Å². The summed E-state index contributed by atoms with van der Waals surface area (Å²) in [6, 6.07) is 7.52. The Kier molecular flexibility index (Phi) is 5.79. The molecule has 1 saturated carbocycles. The Labute approximate surface area is 176 Å². The first-order valence-electron chi connectivity index (χ1n) is 10.8. The van der Waals surface area contributed by atoms with Crippen molar-refractivity contribution in [2.45, 2.75) is 49.8 Å². The topological polar surface area (TPSA) is 102 Å². The van der Waals surface area contributed by atoms with Crippen molar-refractivity contribution in [2.75, 3.05) is 33.2 Å². The van der Waals surface area contributed by atoms with Crippen LogP contribution in [0.4, 0.5) is 0 Å².